The summed E-state index contributed by atoms with van der Waals surface area (Å²) in [5, 5.41) is 8.08. The van der Waals surface area contributed by atoms with Gasteiger partial charge in [0.2, 0.25) is 0 Å². The van der Waals surface area contributed by atoms with Gasteiger partial charge in [-0.05, 0) is 56.6 Å². The molecule has 1 N–H and O–H groups in total. The number of anilines is 2. The van der Waals surface area contributed by atoms with Crippen LogP contribution in [0.5, 0.6) is 0 Å². The predicted molar refractivity (Wildman–Crippen MR) is 150 cm³/mol. The summed E-state index contributed by atoms with van der Waals surface area (Å²) >= 11 is 0. The lowest BCUT2D eigenvalue weighted by Crippen LogP contribution is -2.47. The molecule has 0 unspecified atom stereocenters. The highest BCUT2D eigenvalue weighted by molar-refractivity contribution is 5.89. The van der Waals surface area contributed by atoms with E-state index in [1.165, 1.54) is 0 Å². The largest absolute Gasteiger partial charge is 0.385 e. The Morgan fingerprint density at radius 3 is 2.49 bits per heavy atom. The first-order chi connectivity index (χ1) is 18.0. The molecule has 0 bridgehead atoms. The highest BCUT2D eigenvalue weighted by Crippen LogP contribution is 2.30. The topological polar surface area (TPSA) is 65.9 Å². The molecule has 1 aromatic heterocycles. The molecular weight excluding hydrogens is 464 g/mol. The van der Waals surface area contributed by atoms with Crippen LogP contribution < -0.4 is 10.2 Å². The lowest BCUT2D eigenvalue weighted by molar-refractivity contribution is 0.171. The molecule has 2 heterocycles. The SMILES string of the molecule is CCN1CCN(c2c(CN(CCCOC)C(=O)Nc3cccc(C)c3)c(C)nn2-c2ccccc2)CC1. The van der Waals surface area contributed by atoms with Crippen molar-refractivity contribution < 1.29 is 9.53 Å². The number of nitrogens with zero attached hydrogens (tertiary/aromatic N) is 5. The predicted octanol–water partition coefficient (Wildman–Crippen LogP) is 4.70. The van der Waals surface area contributed by atoms with Crippen molar-refractivity contribution in [2.75, 3.05) is 63.2 Å². The molecule has 0 spiro atoms. The Bertz CT molecular complexity index is 1150. The maximum absolute atomic E-state index is 13.5. The Morgan fingerprint density at radius 1 is 1.05 bits per heavy atom. The van der Waals surface area contributed by atoms with Crippen molar-refractivity contribution >= 4 is 17.5 Å². The fraction of sp³-hybridized carbons (Fsp3) is 0.448. The molecule has 2 aromatic carbocycles. The number of ether oxygens (including phenoxy) is 1. The molecule has 1 saturated heterocycles. The maximum atomic E-state index is 13.5. The molecule has 8 heteroatoms. The van der Waals surface area contributed by atoms with E-state index in [1.54, 1.807) is 7.11 Å². The number of methoxy groups -OCH3 is 1. The fourth-order valence-electron chi connectivity index (χ4n) is 4.85. The smallest absolute Gasteiger partial charge is 0.322 e. The molecule has 2 amide bonds. The molecule has 0 aliphatic carbocycles. The molecule has 0 saturated carbocycles. The summed E-state index contributed by atoms with van der Waals surface area (Å²) in [4.78, 5) is 20.3. The second kappa shape index (κ2) is 12.7. The van der Waals surface area contributed by atoms with Crippen molar-refractivity contribution in [2.45, 2.75) is 33.7 Å². The van der Waals surface area contributed by atoms with Crippen molar-refractivity contribution in [3.8, 4) is 5.69 Å². The zero-order valence-electron chi connectivity index (χ0n) is 22.6. The first kappa shape index (κ1) is 26.7. The Labute approximate surface area is 220 Å². The molecule has 3 aromatic rings. The standard InChI is InChI=1S/C29H40N6O2/c1-5-32-16-18-33(19-17-32)28-27(24(3)31-35(28)26-13-7-6-8-14-26)22-34(15-10-20-37-4)29(36)30-25-12-9-11-23(2)21-25/h6-9,11-14,21H,5,10,15-20,22H2,1-4H3,(H,30,36). The average Bonchev–Trinajstić information content (AvgIpc) is 3.24. The van der Waals surface area contributed by atoms with E-state index in [0.29, 0.717) is 19.7 Å². The van der Waals surface area contributed by atoms with Crippen LogP contribution in [-0.4, -0.2) is 78.6 Å². The minimum Gasteiger partial charge on any atom is -0.385 e. The van der Waals surface area contributed by atoms with Gasteiger partial charge in [-0.3, -0.25) is 0 Å². The number of likely N-dealkylation sites (N-methyl/N-ethyl adjacent to an activating group) is 1. The van der Waals surface area contributed by atoms with Gasteiger partial charge < -0.3 is 24.8 Å². The monoisotopic (exact) mass is 504 g/mol. The van der Waals surface area contributed by atoms with Crippen molar-refractivity contribution in [2.24, 2.45) is 0 Å². The van der Waals surface area contributed by atoms with Gasteiger partial charge in [0.1, 0.15) is 5.82 Å². The summed E-state index contributed by atoms with van der Waals surface area (Å²) in [5.74, 6) is 1.08. The fourth-order valence-corrected chi connectivity index (χ4v) is 4.85. The summed E-state index contributed by atoms with van der Waals surface area (Å²) in [7, 11) is 1.69. The number of carbonyl (C=O) groups excluding carboxylic acids is 1. The van der Waals surface area contributed by atoms with E-state index in [4.69, 9.17) is 9.84 Å². The molecule has 198 valence electrons. The highest BCUT2D eigenvalue weighted by atomic mass is 16.5. The third-order valence-corrected chi connectivity index (χ3v) is 6.96. The van der Waals surface area contributed by atoms with Gasteiger partial charge in [-0.1, -0.05) is 37.3 Å². The van der Waals surface area contributed by atoms with Crippen LogP contribution >= 0.6 is 0 Å². The van der Waals surface area contributed by atoms with Crippen LogP contribution in [0.25, 0.3) is 5.69 Å². The quantitative estimate of drug-likeness (QED) is 0.406. The van der Waals surface area contributed by atoms with Gasteiger partial charge in [0.05, 0.1) is 17.9 Å². The van der Waals surface area contributed by atoms with Gasteiger partial charge in [-0.2, -0.15) is 5.10 Å². The Kier molecular flexibility index (Phi) is 9.19. The first-order valence-electron chi connectivity index (χ1n) is 13.2. The second-order valence-electron chi connectivity index (χ2n) is 9.62. The van der Waals surface area contributed by atoms with Crippen molar-refractivity contribution in [3.63, 3.8) is 0 Å². The number of para-hydroxylation sites is 1. The number of nitrogens with one attached hydrogen (secondary N) is 1. The van der Waals surface area contributed by atoms with Gasteiger partial charge >= 0.3 is 6.03 Å². The van der Waals surface area contributed by atoms with Crippen LogP contribution in [0.4, 0.5) is 16.3 Å². The zero-order chi connectivity index (χ0) is 26.2. The summed E-state index contributed by atoms with van der Waals surface area (Å²) in [6.45, 7) is 12.9. The normalized spacial score (nSPS) is 14.1. The van der Waals surface area contributed by atoms with E-state index in [2.05, 4.69) is 38.9 Å². The van der Waals surface area contributed by atoms with Crippen molar-refractivity contribution in [1.82, 2.24) is 19.6 Å². The summed E-state index contributed by atoms with van der Waals surface area (Å²) in [6, 6.07) is 18.1. The molecule has 4 rings (SSSR count). The van der Waals surface area contributed by atoms with Gasteiger partial charge in [0.15, 0.2) is 0 Å². The molecular formula is C29H40N6O2. The number of piperazine rings is 1. The van der Waals surface area contributed by atoms with Crippen molar-refractivity contribution in [3.05, 3.63) is 71.4 Å². The minimum atomic E-state index is -0.115. The van der Waals surface area contributed by atoms with E-state index in [0.717, 1.165) is 73.2 Å². The van der Waals surface area contributed by atoms with Gasteiger partial charge in [0, 0.05) is 57.7 Å². The molecule has 1 aliphatic rings. The number of rotatable bonds is 10. The van der Waals surface area contributed by atoms with Crippen LogP contribution in [0.3, 0.4) is 0 Å². The molecule has 0 radical (unpaired) electrons. The van der Waals surface area contributed by atoms with Crippen molar-refractivity contribution in [1.29, 1.82) is 0 Å². The number of benzene rings is 2. The van der Waals surface area contributed by atoms with E-state index < -0.39 is 0 Å². The van der Waals surface area contributed by atoms with Crippen LogP contribution in [0.1, 0.15) is 30.2 Å². The molecule has 1 fully saturated rings. The number of aryl methyl sites for hydroxylation is 2. The maximum Gasteiger partial charge on any atom is 0.322 e. The Morgan fingerprint density at radius 2 is 1.81 bits per heavy atom. The number of hydrogen-bond donors (Lipinski definition) is 1. The third kappa shape index (κ3) is 6.70. The Balaban J connectivity index is 1.66. The van der Waals surface area contributed by atoms with Crippen LogP contribution in [0.2, 0.25) is 0 Å². The van der Waals surface area contributed by atoms with Crippen LogP contribution in [0, 0.1) is 13.8 Å². The van der Waals surface area contributed by atoms with E-state index in [1.807, 2.05) is 61.2 Å². The van der Waals surface area contributed by atoms with Gasteiger partial charge in [0.25, 0.3) is 0 Å². The van der Waals surface area contributed by atoms with Crippen LogP contribution in [0.15, 0.2) is 54.6 Å². The summed E-state index contributed by atoms with van der Waals surface area (Å²) in [6.07, 6.45) is 0.758. The van der Waals surface area contributed by atoms with Gasteiger partial charge in [-0.15, -0.1) is 0 Å². The summed E-state index contributed by atoms with van der Waals surface area (Å²) in [5.41, 5.74) is 4.97. The van der Waals surface area contributed by atoms with E-state index in [9.17, 15) is 4.79 Å². The molecule has 8 nitrogen and oxygen atoms in total. The third-order valence-electron chi connectivity index (χ3n) is 6.96. The number of amides is 2. The Hall–Kier alpha value is -3.36. The highest BCUT2D eigenvalue weighted by Gasteiger charge is 2.27. The summed E-state index contributed by atoms with van der Waals surface area (Å²) < 4.78 is 7.35. The number of carbonyl (C=O) groups is 1. The minimum absolute atomic E-state index is 0.115. The average molecular weight is 505 g/mol. The first-order valence-corrected chi connectivity index (χ1v) is 13.2. The molecule has 37 heavy (non-hydrogen) atoms. The zero-order valence-corrected chi connectivity index (χ0v) is 22.6. The number of aromatic nitrogens is 2. The van der Waals surface area contributed by atoms with Crippen LogP contribution in [-0.2, 0) is 11.3 Å². The van der Waals surface area contributed by atoms with E-state index >= 15 is 0 Å². The van der Waals surface area contributed by atoms with Gasteiger partial charge in [-0.25, -0.2) is 9.48 Å². The lowest BCUT2D eigenvalue weighted by atomic mass is 10.2. The van der Waals surface area contributed by atoms with E-state index in [-0.39, 0.29) is 6.03 Å². The number of urea groups is 1. The molecule has 1 aliphatic heterocycles. The molecule has 0 atom stereocenters. The second-order valence-corrected chi connectivity index (χ2v) is 9.62. The number of hydrogen-bond acceptors (Lipinski definition) is 5. The lowest BCUT2D eigenvalue weighted by Gasteiger charge is -2.36.